The van der Waals surface area contributed by atoms with Crippen LogP contribution in [0, 0.1) is 17.8 Å². The van der Waals surface area contributed by atoms with Gasteiger partial charge in [0.15, 0.2) is 6.61 Å². The van der Waals surface area contributed by atoms with Gasteiger partial charge in [-0.25, -0.2) is 0 Å². The van der Waals surface area contributed by atoms with Gasteiger partial charge in [0.2, 0.25) is 0 Å². The first kappa shape index (κ1) is 22.4. The molecule has 5 aliphatic rings. The van der Waals surface area contributed by atoms with E-state index in [0.717, 1.165) is 53.3 Å². The van der Waals surface area contributed by atoms with Crippen LogP contribution in [0.25, 0.3) is 10.8 Å². The molecule has 34 heavy (non-hydrogen) atoms. The lowest BCUT2D eigenvalue weighted by atomic mass is 9.53. The molecule has 5 fully saturated rings. The molecule has 1 heterocycles. The van der Waals surface area contributed by atoms with Crippen LogP contribution in [0.4, 0.5) is 0 Å². The lowest BCUT2D eigenvalue weighted by Gasteiger charge is -2.56. The fraction of sp³-hybridized carbons (Fsp3) is 0.607. The van der Waals surface area contributed by atoms with E-state index in [9.17, 15) is 4.79 Å². The summed E-state index contributed by atoms with van der Waals surface area (Å²) < 4.78 is 18.4. The van der Waals surface area contributed by atoms with Crippen molar-refractivity contribution in [2.75, 3.05) is 6.61 Å². The Kier molecular flexibility index (Phi) is 5.10. The predicted octanol–water partition coefficient (Wildman–Crippen LogP) is 4.60. The average molecular weight is 461 g/mol. The molecule has 4 bridgehead atoms. The van der Waals surface area contributed by atoms with E-state index in [-0.39, 0.29) is 29.3 Å². The van der Waals surface area contributed by atoms with Crippen LogP contribution in [-0.2, 0) is 14.1 Å². The average Bonchev–Trinajstić information content (AvgIpc) is 2.97. The highest BCUT2D eigenvalue weighted by molar-refractivity contribution is 6.62. The normalized spacial score (nSPS) is 32.8. The molecule has 1 N–H and O–H groups in total. The molecule has 0 radical (unpaired) electrons. The van der Waals surface area contributed by atoms with Gasteiger partial charge in [-0.2, -0.15) is 0 Å². The van der Waals surface area contributed by atoms with E-state index in [2.05, 4.69) is 51.2 Å². The minimum atomic E-state index is -0.398. The zero-order chi connectivity index (χ0) is 23.7. The van der Waals surface area contributed by atoms with Crippen molar-refractivity contribution in [2.24, 2.45) is 17.8 Å². The zero-order valence-corrected chi connectivity index (χ0v) is 20.9. The first-order chi connectivity index (χ1) is 16.1. The second kappa shape index (κ2) is 7.73. The summed E-state index contributed by atoms with van der Waals surface area (Å²) in [5, 5.41) is 5.56. The predicted molar refractivity (Wildman–Crippen MR) is 134 cm³/mol. The van der Waals surface area contributed by atoms with E-state index in [1.165, 1.54) is 19.3 Å². The van der Waals surface area contributed by atoms with Crippen LogP contribution in [0.5, 0.6) is 5.75 Å². The van der Waals surface area contributed by atoms with Crippen molar-refractivity contribution in [1.82, 2.24) is 5.32 Å². The summed E-state index contributed by atoms with van der Waals surface area (Å²) in [7, 11) is -0.398. The monoisotopic (exact) mass is 461 g/mol. The molecule has 1 saturated heterocycles. The van der Waals surface area contributed by atoms with Crippen molar-refractivity contribution in [2.45, 2.75) is 83.0 Å². The molecule has 7 rings (SSSR count). The lowest BCUT2D eigenvalue weighted by molar-refractivity contribution is -0.128. The molecule has 0 aromatic heterocycles. The number of rotatable bonds is 5. The smallest absolute Gasteiger partial charge is 0.484 e. The van der Waals surface area contributed by atoms with Crippen LogP contribution >= 0.6 is 0 Å². The second-order valence-electron chi connectivity index (χ2n) is 12.4. The maximum absolute atomic E-state index is 12.8. The number of nitrogens with one attached hydrogen (secondary N) is 1. The van der Waals surface area contributed by atoms with E-state index in [0.29, 0.717) is 5.75 Å². The minimum Gasteiger partial charge on any atom is -0.484 e. The maximum Gasteiger partial charge on any atom is 0.494 e. The zero-order valence-electron chi connectivity index (χ0n) is 20.9. The molecule has 0 unspecified atom stereocenters. The molecule has 0 atom stereocenters. The highest BCUT2D eigenvalue weighted by atomic mass is 16.7. The Morgan fingerprint density at radius 3 is 2.12 bits per heavy atom. The van der Waals surface area contributed by atoms with E-state index in [1.54, 1.807) is 0 Å². The number of carbonyl (C=O) groups excluding carboxylic acids is 1. The summed E-state index contributed by atoms with van der Waals surface area (Å²) >= 11 is 0. The first-order valence-corrected chi connectivity index (χ1v) is 12.9. The second-order valence-corrected chi connectivity index (χ2v) is 12.4. The van der Waals surface area contributed by atoms with E-state index in [1.807, 2.05) is 18.2 Å². The van der Waals surface area contributed by atoms with Crippen LogP contribution in [0.15, 0.2) is 36.4 Å². The molecular weight excluding hydrogens is 425 g/mol. The highest BCUT2D eigenvalue weighted by Gasteiger charge is 2.52. The van der Waals surface area contributed by atoms with Crippen LogP contribution < -0.4 is 15.5 Å². The van der Waals surface area contributed by atoms with Crippen LogP contribution in [0.2, 0.25) is 0 Å². The molecule has 0 spiro atoms. The molecule has 4 aliphatic carbocycles. The van der Waals surface area contributed by atoms with Gasteiger partial charge in [0, 0.05) is 5.54 Å². The Labute approximate surface area is 203 Å². The number of fused-ring (bicyclic) bond motifs is 1. The molecule has 180 valence electrons. The van der Waals surface area contributed by atoms with Gasteiger partial charge in [0.05, 0.1) is 11.2 Å². The molecule has 5 nitrogen and oxygen atoms in total. The Hall–Kier alpha value is -2.05. The number of amides is 1. The van der Waals surface area contributed by atoms with Crippen molar-refractivity contribution in [3.63, 3.8) is 0 Å². The molecule has 6 heteroatoms. The van der Waals surface area contributed by atoms with Crippen LogP contribution in [0.1, 0.15) is 66.2 Å². The van der Waals surface area contributed by atoms with Gasteiger partial charge < -0.3 is 19.4 Å². The van der Waals surface area contributed by atoms with Crippen molar-refractivity contribution < 1.29 is 18.8 Å². The van der Waals surface area contributed by atoms with Crippen LogP contribution in [0.3, 0.4) is 0 Å². The standard InChI is InChI=1S/C28H36BNO4/c1-26(2)27(3,4)34-29(33-26)23-7-5-21-6-8-24(13-22(21)12-23)32-17-25(31)30-28-14-18-9-19(15-28)11-20(10-18)16-28/h5-8,12-13,18-20H,9-11,14-17H2,1-4H3,(H,30,31). The van der Waals surface area contributed by atoms with Crippen molar-refractivity contribution in [3.05, 3.63) is 36.4 Å². The fourth-order valence-corrected chi connectivity index (χ4v) is 7.20. The quantitative estimate of drug-likeness (QED) is 0.662. The molecule has 4 saturated carbocycles. The lowest BCUT2D eigenvalue weighted by Crippen LogP contribution is -2.60. The van der Waals surface area contributed by atoms with Crippen LogP contribution in [-0.4, -0.2) is 36.4 Å². The number of carbonyl (C=O) groups is 1. The third kappa shape index (κ3) is 3.93. The van der Waals surface area contributed by atoms with E-state index < -0.39 is 7.12 Å². The summed E-state index contributed by atoms with van der Waals surface area (Å²) in [5.41, 5.74) is 0.266. The molecule has 1 aliphatic heterocycles. The summed E-state index contributed by atoms with van der Waals surface area (Å²) in [6.07, 6.45) is 7.58. The molecular formula is C28H36BNO4. The summed E-state index contributed by atoms with van der Waals surface area (Å²) in [4.78, 5) is 12.8. The Morgan fingerprint density at radius 2 is 1.50 bits per heavy atom. The summed E-state index contributed by atoms with van der Waals surface area (Å²) in [6.45, 7) is 8.32. The molecule has 2 aromatic carbocycles. The Bertz CT molecular complexity index is 1080. The van der Waals surface area contributed by atoms with Gasteiger partial charge in [0.25, 0.3) is 5.91 Å². The molecule has 1 amide bonds. The van der Waals surface area contributed by atoms with Gasteiger partial charge in [-0.05, 0) is 112 Å². The SMILES string of the molecule is CC1(C)OB(c2ccc3ccc(OCC(=O)NC45CC6CC(CC(C6)C4)C5)cc3c2)OC1(C)C. The van der Waals surface area contributed by atoms with Gasteiger partial charge in [-0.3, -0.25) is 4.79 Å². The Balaban J connectivity index is 1.12. The largest absolute Gasteiger partial charge is 0.494 e. The topological polar surface area (TPSA) is 56.8 Å². The number of ether oxygens (including phenoxy) is 1. The summed E-state index contributed by atoms with van der Waals surface area (Å²) in [6, 6.07) is 12.2. The maximum atomic E-state index is 12.8. The van der Waals surface area contributed by atoms with E-state index in [4.69, 9.17) is 14.0 Å². The highest BCUT2D eigenvalue weighted by Crippen LogP contribution is 2.55. The minimum absolute atomic E-state index is 0.00742. The number of benzene rings is 2. The van der Waals surface area contributed by atoms with Gasteiger partial charge >= 0.3 is 7.12 Å². The Morgan fingerprint density at radius 1 is 0.912 bits per heavy atom. The number of hydrogen-bond acceptors (Lipinski definition) is 4. The summed E-state index contributed by atoms with van der Waals surface area (Å²) in [5.74, 6) is 3.15. The fourth-order valence-electron chi connectivity index (χ4n) is 7.20. The molecule has 2 aromatic rings. The first-order valence-electron chi connectivity index (χ1n) is 12.9. The van der Waals surface area contributed by atoms with Gasteiger partial charge in [-0.1, -0.05) is 24.3 Å². The number of hydrogen-bond donors (Lipinski definition) is 1. The van der Waals surface area contributed by atoms with Gasteiger partial charge in [0.1, 0.15) is 5.75 Å². The third-order valence-electron chi connectivity index (χ3n) is 9.17. The van der Waals surface area contributed by atoms with E-state index >= 15 is 0 Å². The van der Waals surface area contributed by atoms with Gasteiger partial charge in [-0.15, -0.1) is 0 Å². The van der Waals surface area contributed by atoms with Crippen molar-refractivity contribution in [3.8, 4) is 5.75 Å². The third-order valence-corrected chi connectivity index (χ3v) is 9.17. The van der Waals surface area contributed by atoms with Crippen molar-refractivity contribution >= 4 is 29.3 Å². The van der Waals surface area contributed by atoms with Crippen molar-refractivity contribution in [1.29, 1.82) is 0 Å².